The smallest absolute Gasteiger partial charge is 0.335 e. The van der Waals surface area contributed by atoms with Gasteiger partial charge in [0.05, 0.1) is 5.56 Å². The third-order valence-electron chi connectivity index (χ3n) is 3.11. The molecule has 0 aliphatic carbocycles. The number of sulfonamides is 1. The van der Waals surface area contributed by atoms with Crippen LogP contribution in [0.3, 0.4) is 0 Å². The van der Waals surface area contributed by atoms with E-state index in [4.69, 9.17) is 5.11 Å². The monoisotopic (exact) mass is 349 g/mol. The fourth-order valence-corrected chi connectivity index (χ4v) is 3.45. The molecule has 0 unspecified atom stereocenters. The average molecular weight is 349 g/mol. The van der Waals surface area contributed by atoms with E-state index in [2.05, 4.69) is 15.0 Å². The van der Waals surface area contributed by atoms with Crippen LogP contribution in [-0.2, 0) is 16.6 Å². The highest BCUT2D eigenvalue weighted by molar-refractivity contribution is 7.89. The Balaban J connectivity index is 2.17. The minimum atomic E-state index is -3.67. The van der Waals surface area contributed by atoms with Crippen molar-refractivity contribution in [2.75, 3.05) is 5.32 Å². The van der Waals surface area contributed by atoms with E-state index in [9.17, 15) is 13.2 Å². The van der Waals surface area contributed by atoms with E-state index in [0.29, 0.717) is 6.54 Å². The van der Waals surface area contributed by atoms with E-state index >= 15 is 0 Å². The lowest BCUT2D eigenvalue weighted by Crippen LogP contribution is -2.31. The highest BCUT2D eigenvalue weighted by atomic mass is 32.2. The van der Waals surface area contributed by atoms with E-state index in [-0.39, 0.29) is 22.3 Å². The quantitative estimate of drug-likeness (QED) is 0.706. The van der Waals surface area contributed by atoms with Crippen molar-refractivity contribution in [2.24, 2.45) is 0 Å². The molecular formula is C16H19N3O4S. The first-order valence-corrected chi connectivity index (χ1v) is 8.81. The predicted molar refractivity (Wildman–Crippen MR) is 90.4 cm³/mol. The van der Waals surface area contributed by atoms with Gasteiger partial charge in [-0.25, -0.2) is 22.9 Å². The summed E-state index contributed by atoms with van der Waals surface area (Å²) >= 11 is 0. The molecule has 0 atom stereocenters. The van der Waals surface area contributed by atoms with Gasteiger partial charge in [-0.2, -0.15) is 0 Å². The maximum absolute atomic E-state index is 12.3. The zero-order valence-corrected chi connectivity index (χ0v) is 14.2. The summed E-state index contributed by atoms with van der Waals surface area (Å²) in [6.07, 6.45) is 1.50. The lowest BCUT2D eigenvalue weighted by atomic mass is 10.1. The van der Waals surface area contributed by atoms with Gasteiger partial charge in [0.15, 0.2) is 0 Å². The fraction of sp³-hybridized carbons (Fsp3) is 0.250. The molecule has 24 heavy (non-hydrogen) atoms. The van der Waals surface area contributed by atoms with Crippen molar-refractivity contribution in [3.63, 3.8) is 0 Å². The molecule has 3 N–H and O–H groups in total. The Morgan fingerprint density at radius 1 is 1.21 bits per heavy atom. The van der Waals surface area contributed by atoms with Gasteiger partial charge >= 0.3 is 5.97 Å². The van der Waals surface area contributed by atoms with Crippen LogP contribution in [0.4, 0.5) is 5.82 Å². The standard InChI is InChI=1S/C16H19N3O4S/c1-11(2)19-24(22,23)14-4-3-9-17-15(14)18-10-12-5-7-13(8-6-12)16(20)21/h3-9,11,19H,10H2,1-2H3,(H,17,18)(H,20,21). The first kappa shape index (κ1) is 17.9. The molecule has 1 heterocycles. The normalized spacial score (nSPS) is 11.5. The predicted octanol–water partition coefficient (Wildman–Crippen LogP) is 2.08. The third-order valence-corrected chi connectivity index (χ3v) is 4.80. The Morgan fingerprint density at radius 2 is 1.88 bits per heavy atom. The van der Waals surface area contributed by atoms with Crippen molar-refractivity contribution < 1.29 is 18.3 Å². The second-order valence-electron chi connectivity index (χ2n) is 5.48. The van der Waals surface area contributed by atoms with Crippen LogP contribution >= 0.6 is 0 Å². The zero-order valence-electron chi connectivity index (χ0n) is 13.4. The summed E-state index contributed by atoms with van der Waals surface area (Å²) in [6.45, 7) is 3.80. The van der Waals surface area contributed by atoms with Crippen LogP contribution in [0, 0.1) is 0 Å². The number of pyridine rings is 1. The number of carbonyl (C=O) groups is 1. The Hall–Kier alpha value is -2.45. The van der Waals surface area contributed by atoms with Crippen LogP contribution in [0.2, 0.25) is 0 Å². The van der Waals surface area contributed by atoms with E-state index in [1.54, 1.807) is 32.0 Å². The molecule has 1 aromatic heterocycles. The molecule has 0 spiro atoms. The van der Waals surface area contributed by atoms with Crippen LogP contribution in [0.1, 0.15) is 29.8 Å². The van der Waals surface area contributed by atoms with Crippen molar-refractivity contribution in [1.82, 2.24) is 9.71 Å². The van der Waals surface area contributed by atoms with Crippen molar-refractivity contribution in [3.05, 3.63) is 53.7 Å². The molecular weight excluding hydrogens is 330 g/mol. The Morgan fingerprint density at radius 3 is 2.46 bits per heavy atom. The molecule has 0 amide bonds. The first-order chi connectivity index (χ1) is 11.3. The molecule has 0 radical (unpaired) electrons. The van der Waals surface area contributed by atoms with E-state index < -0.39 is 16.0 Å². The number of rotatable bonds is 7. The van der Waals surface area contributed by atoms with Crippen LogP contribution in [0.15, 0.2) is 47.5 Å². The minimum absolute atomic E-state index is 0.0702. The molecule has 2 rings (SSSR count). The number of carboxylic acid groups (broad SMARTS) is 1. The third kappa shape index (κ3) is 4.53. The van der Waals surface area contributed by atoms with Gasteiger partial charge in [-0.15, -0.1) is 0 Å². The van der Waals surface area contributed by atoms with Crippen molar-refractivity contribution in [3.8, 4) is 0 Å². The number of hydrogen-bond donors (Lipinski definition) is 3. The van der Waals surface area contributed by atoms with Gasteiger partial charge < -0.3 is 10.4 Å². The summed E-state index contributed by atoms with van der Waals surface area (Å²) in [5, 5.41) is 11.9. The number of aromatic nitrogens is 1. The summed E-state index contributed by atoms with van der Waals surface area (Å²) in [6, 6.07) is 9.13. The van der Waals surface area contributed by atoms with Gasteiger partial charge in [-0.05, 0) is 43.7 Å². The second-order valence-corrected chi connectivity index (χ2v) is 7.16. The molecule has 0 saturated heterocycles. The Bertz CT molecular complexity index is 817. The lowest BCUT2D eigenvalue weighted by Gasteiger charge is -2.14. The molecule has 0 fully saturated rings. The van der Waals surface area contributed by atoms with Crippen molar-refractivity contribution in [1.29, 1.82) is 0 Å². The maximum Gasteiger partial charge on any atom is 0.335 e. The average Bonchev–Trinajstić information content (AvgIpc) is 2.52. The summed E-state index contributed by atoms with van der Waals surface area (Å²) < 4.78 is 27.2. The van der Waals surface area contributed by atoms with E-state index in [1.807, 2.05) is 0 Å². The van der Waals surface area contributed by atoms with Crippen LogP contribution in [-0.4, -0.2) is 30.5 Å². The molecule has 7 nitrogen and oxygen atoms in total. The number of aromatic carboxylic acids is 1. The van der Waals surface area contributed by atoms with Crippen LogP contribution in [0.25, 0.3) is 0 Å². The molecule has 8 heteroatoms. The topological polar surface area (TPSA) is 108 Å². The maximum atomic E-state index is 12.3. The number of nitrogens with one attached hydrogen (secondary N) is 2. The molecule has 1 aromatic carbocycles. The molecule has 128 valence electrons. The molecule has 0 aliphatic heterocycles. The number of carboxylic acids is 1. The van der Waals surface area contributed by atoms with E-state index in [0.717, 1.165) is 5.56 Å². The molecule has 0 aliphatic rings. The zero-order chi connectivity index (χ0) is 17.7. The van der Waals surface area contributed by atoms with Crippen molar-refractivity contribution in [2.45, 2.75) is 31.3 Å². The number of benzene rings is 1. The largest absolute Gasteiger partial charge is 0.478 e. The lowest BCUT2D eigenvalue weighted by molar-refractivity contribution is 0.0697. The van der Waals surface area contributed by atoms with Gasteiger partial charge in [-0.1, -0.05) is 12.1 Å². The number of hydrogen-bond acceptors (Lipinski definition) is 5. The Kier molecular flexibility index (Phi) is 5.53. The summed E-state index contributed by atoms with van der Waals surface area (Å²) in [5.74, 6) is -0.750. The molecule has 2 aromatic rings. The van der Waals surface area contributed by atoms with Gasteiger partial charge in [0.1, 0.15) is 10.7 Å². The second kappa shape index (κ2) is 7.41. The highest BCUT2D eigenvalue weighted by Crippen LogP contribution is 2.19. The highest BCUT2D eigenvalue weighted by Gasteiger charge is 2.20. The van der Waals surface area contributed by atoms with Crippen LogP contribution < -0.4 is 10.0 Å². The number of anilines is 1. The SMILES string of the molecule is CC(C)NS(=O)(=O)c1cccnc1NCc1ccc(C(=O)O)cc1. The summed E-state index contributed by atoms with van der Waals surface area (Å²) in [7, 11) is -3.67. The van der Waals surface area contributed by atoms with Crippen LogP contribution in [0.5, 0.6) is 0 Å². The summed E-state index contributed by atoms with van der Waals surface area (Å²) in [5.41, 5.74) is 1.01. The van der Waals surface area contributed by atoms with Gasteiger partial charge in [0.25, 0.3) is 0 Å². The number of nitrogens with zero attached hydrogens (tertiary/aromatic N) is 1. The Labute approximate surface area is 140 Å². The molecule has 0 saturated carbocycles. The van der Waals surface area contributed by atoms with Gasteiger partial charge in [0.2, 0.25) is 10.0 Å². The van der Waals surface area contributed by atoms with Gasteiger partial charge in [-0.3, -0.25) is 0 Å². The first-order valence-electron chi connectivity index (χ1n) is 7.33. The van der Waals surface area contributed by atoms with E-state index in [1.165, 1.54) is 24.4 Å². The van der Waals surface area contributed by atoms with Crippen molar-refractivity contribution >= 4 is 21.8 Å². The van der Waals surface area contributed by atoms with Gasteiger partial charge in [0, 0.05) is 18.8 Å². The fourth-order valence-electron chi connectivity index (χ4n) is 2.06. The minimum Gasteiger partial charge on any atom is -0.478 e. The molecule has 0 bridgehead atoms. The summed E-state index contributed by atoms with van der Waals surface area (Å²) in [4.78, 5) is 15.0.